The highest BCUT2D eigenvalue weighted by Gasteiger charge is 2.07. The number of benzene rings is 1. The Kier molecular flexibility index (Phi) is 4.83. The van der Waals surface area contributed by atoms with Gasteiger partial charge in [0.2, 0.25) is 0 Å². The number of aromatic carboxylic acids is 1. The average molecular weight is 322 g/mol. The molecule has 5 heteroatoms. The van der Waals surface area contributed by atoms with Gasteiger partial charge in [0.05, 0.1) is 15.7 Å². The Hall–Kier alpha value is -0.820. The summed E-state index contributed by atoms with van der Waals surface area (Å²) >= 11 is 2.09. The van der Waals surface area contributed by atoms with Crippen LogP contribution in [-0.2, 0) is 4.74 Å². The fourth-order valence-corrected chi connectivity index (χ4v) is 1.47. The van der Waals surface area contributed by atoms with Crippen molar-refractivity contribution < 1.29 is 19.4 Å². The molecule has 0 aromatic heterocycles. The molecular formula is C10H11IO4. The first-order valence-electron chi connectivity index (χ1n) is 4.29. The van der Waals surface area contributed by atoms with Gasteiger partial charge in [-0.05, 0) is 40.8 Å². The van der Waals surface area contributed by atoms with Crippen LogP contribution in [0, 0.1) is 3.57 Å². The van der Waals surface area contributed by atoms with Crippen LogP contribution in [0.2, 0.25) is 0 Å². The number of hydrogen-bond acceptors (Lipinski definition) is 3. The van der Waals surface area contributed by atoms with Crippen LogP contribution in [0.25, 0.3) is 0 Å². The van der Waals surface area contributed by atoms with Crippen LogP contribution < -0.4 is 4.74 Å². The van der Waals surface area contributed by atoms with Gasteiger partial charge in [-0.3, -0.25) is 0 Å². The van der Waals surface area contributed by atoms with Crippen LogP contribution in [0.4, 0.5) is 0 Å². The molecule has 0 atom stereocenters. The second-order valence-corrected chi connectivity index (χ2v) is 3.95. The maximum absolute atomic E-state index is 10.7. The molecule has 0 radical (unpaired) electrons. The standard InChI is InChI=1S/C10H11IO4/c1-14-4-5-15-9-6-7(10(12)13)2-3-8(9)11/h2-3,6H,4-5H2,1H3,(H,12,13). The number of methoxy groups -OCH3 is 1. The molecular weight excluding hydrogens is 311 g/mol. The monoisotopic (exact) mass is 322 g/mol. The summed E-state index contributed by atoms with van der Waals surface area (Å²) in [4.78, 5) is 10.7. The predicted molar refractivity (Wildman–Crippen MR) is 63.5 cm³/mol. The van der Waals surface area contributed by atoms with Crippen LogP contribution >= 0.6 is 22.6 Å². The Labute approximate surface area is 101 Å². The third-order valence-electron chi connectivity index (χ3n) is 1.72. The van der Waals surface area contributed by atoms with Crippen molar-refractivity contribution in [2.45, 2.75) is 0 Å². The minimum atomic E-state index is -0.956. The quantitative estimate of drug-likeness (QED) is 0.666. The lowest BCUT2D eigenvalue weighted by Crippen LogP contribution is -2.06. The fraction of sp³-hybridized carbons (Fsp3) is 0.300. The van der Waals surface area contributed by atoms with Gasteiger partial charge in [0.15, 0.2) is 0 Å². The van der Waals surface area contributed by atoms with Gasteiger partial charge in [-0.1, -0.05) is 0 Å². The maximum Gasteiger partial charge on any atom is 0.335 e. The summed E-state index contributed by atoms with van der Waals surface area (Å²) in [5, 5.41) is 8.79. The van der Waals surface area contributed by atoms with Crippen molar-refractivity contribution in [3.63, 3.8) is 0 Å². The Balaban J connectivity index is 2.76. The number of hydrogen-bond donors (Lipinski definition) is 1. The minimum absolute atomic E-state index is 0.225. The summed E-state index contributed by atoms with van der Waals surface area (Å²) < 4.78 is 11.1. The molecule has 82 valence electrons. The molecule has 0 amide bonds. The summed E-state index contributed by atoms with van der Waals surface area (Å²) in [7, 11) is 1.59. The molecule has 0 aliphatic rings. The second kappa shape index (κ2) is 5.92. The molecule has 0 fully saturated rings. The Bertz CT molecular complexity index is 351. The van der Waals surface area contributed by atoms with E-state index >= 15 is 0 Å². The molecule has 1 aromatic rings. The number of halogens is 1. The van der Waals surface area contributed by atoms with Gasteiger partial charge in [-0.25, -0.2) is 4.79 Å². The van der Waals surface area contributed by atoms with Gasteiger partial charge in [0, 0.05) is 7.11 Å². The van der Waals surface area contributed by atoms with Gasteiger partial charge < -0.3 is 14.6 Å². The zero-order valence-electron chi connectivity index (χ0n) is 8.20. The first-order chi connectivity index (χ1) is 7.15. The number of carbonyl (C=O) groups is 1. The van der Waals surface area contributed by atoms with Crippen LogP contribution in [0.3, 0.4) is 0 Å². The van der Waals surface area contributed by atoms with Crippen LogP contribution in [-0.4, -0.2) is 31.4 Å². The van der Waals surface area contributed by atoms with Gasteiger partial charge >= 0.3 is 5.97 Å². The summed E-state index contributed by atoms with van der Waals surface area (Å²) in [6.07, 6.45) is 0. The number of carboxylic acids is 1. The summed E-state index contributed by atoms with van der Waals surface area (Å²) in [5.74, 6) is -0.379. The van der Waals surface area contributed by atoms with E-state index in [1.165, 1.54) is 6.07 Å². The Morgan fingerprint density at radius 3 is 2.80 bits per heavy atom. The fourth-order valence-electron chi connectivity index (χ4n) is 0.982. The molecule has 0 saturated heterocycles. The van der Waals surface area contributed by atoms with Crippen molar-refractivity contribution in [1.82, 2.24) is 0 Å². The Morgan fingerprint density at radius 1 is 1.47 bits per heavy atom. The van der Waals surface area contributed by atoms with E-state index in [2.05, 4.69) is 22.6 Å². The molecule has 1 aromatic carbocycles. The topological polar surface area (TPSA) is 55.8 Å². The zero-order valence-corrected chi connectivity index (χ0v) is 10.4. The van der Waals surface area contributed by atoms with E-state index in [1.54, 1.807) is 19.2 Å². The van der Waals surface area contributed by atoms with E-state index < -0.39 is 5.97 Å². The van der Waals surface area contributed by atoms with E-state index in [-0.39, 0.29) is 5.56 Å². The molecule has 4 nitrogen and oxygen atoms in total. The van der Waals surface area contributed by atoms with Gasteiger partial charge in [-0.2, -0.15) is 0 Å². The molecule has 0 aliphatic heterocycles. The normalized spacial score (nSPS) is 10.0. The van der Waals surface area contributed by atoms with Gasteiger partial charge in [-0.15, -0.1) is 0 Å². The van der Waals surface area contributed by atoms with E-state index in [0.29, 0.717) is 19.0 Å². The predicted octanol–water partition coefficient (Wildman–Crippen LogP) is 2.01. The third kappa shape index (κ3) is 3.67. The summed E-state index contributed by atoms with van der Waals surface area (Å²) in [6.45, 7) is 0.892. The molecule has 0 bridgehead atoms. The minimum Gasteiger partial charge on any atom is -0.490 e. The lowest BCUT2D eigenvalue weighted by molar-refractivity contribution is 0.0696. The largest absolute Gasteiger partial charge is 0.490 e. The van der Waals surface area contributed by atoms with E-state index in [1.807, 2.05) is 0 Å². The highest BCUT2D eigenvalue weighted by molar-refractivity contribution is 14.1. The Morgan fingerprint density at radius 2 is 2.20 bits per heavy atom. The van der Waals surface area contributed by atoms with E-state index in [9.17, 15) is 4.79 Å². The maximum atomic E-state index is 10.7. The van der Waals surface area contributed by atoms with E-state index in [4.69, 9.17) is 14.6 Å². The first kappa shape index (κ1) is 12.3. The molecule has 15 heavy (non-hydrogen) atoms. The lowest BCUT2D eigenvalue weighted by atomic mass is 10.2. The van der Waals surface area contributed by atoms with Crippen LogP contribution in [0.1, 0.15) is 10.4 Å². The van der Waals surface area contributed by atoms with Gasteiger partial charge in [0.25, 0.3) is 0 Å². The van der Waals surface area contributed by atoms with Crippen LogP contribution in [0.5, 0.6) is 5.75 Å². The third-order valence-corrected chi connectivity index (χ3v) is 2.61. The SMILES string of the molecule is COCCOc1cc(C(=O)O)ccc1I. The van der Waals surface area contributed by atoms with Crippen molar-refractivity contribution >= 4 is 28.6 Å². The summed E-state index contributed by atoms with van der Waals surface area (Å²) in [5.41, 5.74) is 0.225. The number of carboxylic acid groups (broad SMARTS) is 1. The molecule has 1 rings (SSSR count). The van der Waals surface area contributed by atoms with Gasteiger partial charge in [0.1, 0.15) is 12.4 Å². The average Bonchev–Trinajstić information content (AvgIpc) is 2.20. The molecule has 0 saturated carbocycles. The molecule has 1 N–H and O–H groups in total. The number of rotatable bonds is 5. The van der Waals surface area contributed by atoms with Crippen molar-refractivity contribution in [2.24, 2.45) is 0 Å². The van der Waals surface area contributed by atoms with Crippen molar-refractivity contribution in [2.75, 3.05) is 20.3 Å². The molecule has 0 unspecified atom stereocenters. The van der Waals surface area contributed by atoms with Crippen molar-refractivity contribution in [3.05, 3.63) is 27.3 Å². The highest BCUT2D eigenvalue weighted by atomic mass is 127. The number of ether oxygens (including phenoxy) is 2. The first-order valence-corrected chi connectivity index (χ1v) is 5.37. The molecule has 0 heterocycles. The van der Waals surface area contributed by atoms with E-state index in [0.717, 1.165) is 3.57 Å². The zero-order chi connectivity index (χ0) is 11.3. The van der Waals surface area contributed by atoms with Crippen LogP contribution in [0.15, 0.2) is 18.2 Å². The molecule has 0 spiro atoms. The van der Waals surface area contributed by atoms with Crippen molar-refractivity contribution in [1.29, 1.82) is 0 Å². The smallest absolute Gasteiger partial charge is 0.335 e. The molecule has 0 aliphatic carbocycles. The lowest BCUT2D eigenvalue weighted by Gasteiger charge is -2.08. The summed E-state index contributed by atoms with van der Waals surface area (Å²) in [6, 6.07) is 4.78. The highest BCUT2D eigenvalue weighted by Crippen LogP contribution is 2.22. The second-order valence-electron chi connectivity index (χ2n) is 2.79. The van der Waals surface area contributed by atoms with Crippen molar-refractivity contribution in [3.8, 4) is 5.75 Å².